The molecule has 1 aromatic carbocycles. The minimum absolute atomic E-state index is 0.217. The van der Waals surface area contributed by atoms with Gasteiger partial charge in [0.15, 0.2) is 0 Å². The quantitative estimate of drug-likeness (QED) is 0.807. The maximum atomic E-state index is 13.8. The van der Waals surface area contributed by atoms with Crippen molar-refractivity contribution in [1.29, 1.82) is 0 Å². The van der Waals surface area contributed by atoms with Gasteiger partial charge in [-0.2, -0.15) is 0 Å². The van der Waals surface area contributed by atoms with Crippen molar-refractivity contribution in [2.75, 3.05) is 19.7 Å². The Labute approximate surface area is 137 Å². The van der Waals surface area contributed by atoms with E-state index in [2.05, 4.69) is 17.1 Å². The van der Waals surface area contributed by atoms with Gasteiger partial charge < -0.3 is 10.4 Å². The van der Waals surface area contributed by atoms with Crippen molar-refractivity contribution >= 4 is 11.6 Å². The topological polar surface area (TPSA) is 35.5 Å². The van der Waals surface area contributed by atoms with Crippen molar-refractivity contribution < 1.29 is 9.50 Å². The third-order valence-electron chi connectivity index (χ3n) is 4.35. The fourth-order valence-corrected chi connectivity index (χ4v) is 3.27. The second kappa shape index (κ2) is 8.82. The Hall–Kier alpha value is -0.680. The van der Waals surface area contributed by atoms with Gasteiger partial charge >= 0.3 is 0 Å². The van der Waals surface area contributed by atoms with Crippen molar-refractivity contribution in [1.82, 2.24) is 10.2 Å². The van der Waals surface area contributed by atoms with Gasteiger partial charge in [-0.15, -0.1) is 0 Å². The molecule has 1 aliphatic heterocycles. The molecule has 3 nitrogen and oxygen atoms in total. The Bertz CT molecular complexity index is 444. The standard InChI is InChI=1S/C17H26ClFN2O/c1-13(4-3-11-22)20-14-7-9-21(10-8-14)12-15-16(18)5-2-6-17(15)19/h2,5-6,13-14,20,22H,3-4,7-12H2,1H3. The molecule has 5 heteroatoms. The zero-order valence-corrected chi connectivity index (χ0v) is 13.9. The Balaban J connectivity index is 1.78. The Morgan fingerprint density at radius 2 is 2.14 bits per heavy atom. The normalized spacial score (nSPS) is 18.5. The fraction of sp³-hybridized carbons (Fsp3) is 0.647. The summed E-state index contributed by atoms with van der Waals surface area (Å²) < 4.78 is 13.8. The number of nitrogens with one attached hydrogen (secondary N) is 1. The lowest BCUT2D eigenvalue weighted by Crippen LogP contribution is -2.45. The Morgan fingerprint density at radius 1 is 1.41 bits per heavy atom. The van der Waals surface area contributed by atoms with E-state index in [0.29, 0.717) is 29.2 Å². The molecule has 1 saturated heterocycles. The summed E-state index contributed by atoms with van der Waals surface area (Å²) >= 11 is 6.10. The highest BCUT2D eigenvalue weighted by Crippen LogP contribution is 2.22. The van der Waals surface area contributed by atoms with Crippen LogP contribution in [0, 0.1) is 5.82 Å². The molecule has 1 aliphatic rings. The number of benzene rings is 1. The van der Waals surface area contributed by atoms with Crippen LogP contribution in [-0.2, 0) is 6.54 Å². The number of likely N-dealkylation sites (tertiary alicyclic amines) is 1. The molecule has 0 bridgehead atoms. The number of hydrogen-bond donors (Lipinski definition) is 2. The van der Waals surface area contributed by atoms with Gasteiger partial charge in [-0.25, -0.2) is 4.39 Å². The van der Waals surface area contributed by atoms with Crippen LogP contribution < -0.4 is 5.32 Å². The molecule has 1 fully saturated rings. The van der Waals surface area contributed by atoms with Crippen LogP contribution in [0.3, 0.4) is 0 Å². The van der Waals surface area contributed by atoms with E-state index in [0.717, 1.165) is 38.8 Å². The van der Waals surface area contributed by atoms with Gasteiger partial charge in [-0.05, 0) is 57.8 Å². The van der Waals surface area contributed by atoms with E-state index < -0.39 is 0 Å². The lowest BCUT2D eigenvalue weighted by Gasteiger charge is -2.34. The Kier molecular flexibility index (Phi) is 7.09. The second-order valence-corrected chi connectivity index (χ2v) is 6.59. The lowest BCUT2D eigenvalue weighted by molar-refractivity contribution is 0.180. The van der Waals surface area contributed by atoms with E-state index in [-0.39, 0.29) is 12.4 Å². The largest absolute Gasteiger partial charge is 0.396 e. The molecule has 0 amide bonds. The smallest absolute Gasteiger partial charge is 0.129 e. The lowest BCUT2D eigenvalue weighted by atomic mass is 10.0. The molecule has 124 valence electrons. The van der Waals surface area contributed by atoms with Crippen LogP contribution >= 0.6 is 11.6 Å². The Morgan fingerprint density at radius 3 is 2.77 bits per heavy atom. The first-order chi connectivity index (χ1) is 10.6. The zero-order chi connectivity index (χ0) is 15.9. The third kappa shape index (κ3) is 5.20. The van der Waals surface area contributed by atoms with E-state index in [4.69, 9.17) is 16.7 Å². The van der Waals surface area contributed by atoms with Gasteiger partial charge in [0, 0.05) is 35.8 Å². The van der Waals surface area contributed by atoms with E-state index in [1.807, 2.05) is 0 Å². The van der Waals surface area contributed by atoms with Crippen LogP contribution in [0.25, 0.3) is 0 Å². The number of aliphatic hydroxyl groups is 1. The minimum atomic E-state index is -0.217. The predicted molar refractivity (Wildman–Crippen MR) is 88.6 cm³/mol. The molecule has 0 aromatic heterocycles. The van der Waals surface area contributed by atoms with E-state index >= 15 is 0 Å². The van der Waals surface area contributed by atoms with Crippen LogP contribution in [-0.4, -0.2) is 41.8 Å². The summed E-state index contributed by atoms with van der Waals surface area (Å²) in [6.45, 7) is 4.91. The number of rotatable bonds is 7. The summed E-state index contributed by atoms with van der Waals surface area (Å²) in [4.78, 5) is 2.26. The highest BCUT2D eigenvalue weighted by atomic mass is 35.5. The first-order valence-electron chi connectivity index (χ1n) is 8.12. The highest BCUT2D eigenvalue weighted by molar-refractivity contribution is 6.31. The van der Waals surface area contributed by atoms with Crippen molar-refractivity contribution in [2.24, 2.45) is 0 Å². The molecule has 2 rings (SSSR count). The zero-order valence-electron chi connectivity index (χ0n) is 13.2. The minimum Gasteiger partial charge on any atom is -0.396 e. The van der Waals surface area contributed by atoms with Crippen molar-refractivity contribution in [3.05, 3.63) is 34.6 Å². The van der Waals surface area contributed by atoms with Crippen LogP contribution in [0.2, 0.25) is 5.02 Å². The predicted octanol–water partition coefficient (Wildman–Crippen LogP) is 3.19. The van der Waals surface area contributed by atoms with Gasteiger partial charge in [0.1, 0.15) is 5.82 Å². The monoisotopic (exact) mass is 328 g/mol. The molecule has 1 unspecified atom stereocenters. The molecule has 0 spiro atoms. The van der Waals surface area contributed by atoms with Gasteiger partial charge in [0.25, 0.3) is 0 Å². The maximum absolute atomic E-state index is 13.8. The average Bonchev–Trinajstić information content (AvgIpc) is 2.51. The number of aliphatic hydroxyl groups excluding tert-OH is 1. The van der Waals surface area contributed by atoms with Gasteiger partial charge in [-0.1, -0.05) is 17.7 Å². The van der Waals surface area contributed by atoms with Crippen molar-refractivity contribution in [2.45, 2.75) is 51.2 Å². The average molecular weight is 329 g/mol. The second-order valence-electron chi connectivity index (χ2n) is 6.18. The molecular formula is C17H26ClFN2O. The third-order valence-corrected chi connectivity index (χ3v) is 4.70. The molecule has 1 heterocycles. The van der Waals surface area contributed by atoms with E-state index in [9.17, 15) is 4.39 Å². The van der Waals surface area contributed by atoms with Crippen LogP contribution in [0.5, 0.6) is 0 Å². The summed E-state index contributed by atoms with van der Waals surface area (Å²) in [6.07, 6.45) is 3.98. The summed E-state index contributed by atoms with van der Waals surface area (Å²) in [6, 6.07) is 5.81. The summed E-state index contributed by atoms with van der Waals surface area (Å²) in [7, 11) is 0. The molecular weight excluding hydrogens is 303 g/mol. The van der Waals surface area contributed by atoms with Crippen molar-refractivity contribution in [3.63, 3.8) is 0 Å². The van der Waals surface area contributed by atoms with Gasteiger partial charge in [0.2, 0.25) is 0 Å². The van der Waals surface area contributed by atoms with Crippen LogP contribution in [0.4, 0.5) is 4.39 Å². The molecule has 2 N–H and O–H groups in total. The first-order valence-corrected chi connectivity index (χ1v) is 8.50. The maximum Gasteiger partial charge on any atom is 0.129 e. The number of piperidine rings is 1. The fourth-order valence-electron chi connectivity index (χ4n) is 3.05. The van der Waals surface area contributed by atoms with E-state index in [1.54, 1.807) is 12.1 Å². The molecule has 0 saturated carbocycles. The van der Waals surface area contributed by atoms with Crippen LogP contribution in [0.1, 0.15) is 38.2 Å². The SMILES string of the molecule is CC(CCCO)NC1CCN(Cc2c(F)cccc2Cl)CC1. The molecule has 1 aromatic rings. The van der Waals surface area contributed by atoms with Gasteiger partial charge in [-0.3, -0.25) is 4.90 Å². The van der Waals surface area contributed by atoms with Crippen molar-refractivity contribution in [3.8, 4) is 0 Å². The number of nitrogens with zero attached hydrogens (tertiary/aromatic N) is 1. The summed E-state index contributed by atoms with van der Waals surface area (Å²) in [5.74, 6) is -0.217. The molecule has 22 heavy (non-hydrogen) atoms. The first kappa shape index (κ1) is 17.7. The summed E-state index contributed by atoms with van der Waals surface area (Å²) in [5, 5.41) is 13.0. The molecule has 0 aliphatic carbocycles. The van der Waals surface area contributed by atoms with Crippen LogP contribution in [0.15, 0.2) is 18.2 Å². The number of halogens is 2. The molecule has 1 atom stereocenters. The molecule has 0 radical (unpaired) electrons. The van der Waals surface area contributed by atoms with Gasteiger partial charge in [0.05, 0.1) is 0 Å². The summed E-state index contributed by atoms with van der Waals surface area (Å²) in [5.41, 5.74) is 0.604. The van der Waals surface area contributed by atoms with E-state index in [1.165, 1.54) is 6.07 Å². The number of hydrogen-bond acceptors (Lipinski definition) is 3. The highest BCUT2D eigenvalue weighted by Gasteiger charge is 2.21.